The molecule has 0 spiro atoms. The number of likely N-dealkylation sites (tertiary alicyclic amines) is 1. The van der Waals surface area contributed by atoms with Gasteiger partial charge in [-0.25, -0.2) is 0 Å². The Labute approximate surface area is 176 Å². The highest BCUT2D eigenvalue weighted by Crippen LogP contribution is 2.25. The first-order chi connectivity index (χ1) is 14.2. The Morgan fingerprint density at radius 3 is 2.55 bits per heavy atom. The van der Waals surface area contributed by atoms with Crippen LogP contribution in [0.4, 0.5) is 5.69 Å². The minimum Gasteiger partial charge on any atom is -0.371 e. The quantitative estimate of drug-likeness (QED) is 0.641. The summed E-state index contributed by atoms with van der Waals surface area (Å²) in [6, 6.07) is 20.3. The van der Waals surface area contributed by atoms with E-state index in [4.69, 9.17) is 5.26 Å². The van der Waals surface area contributed by atoms with E-state index in [0.717, 1.165) is 26.2 Å². The van der Waals surface area contributed by atoms with E-state index in [9.17, 15) is 0 Å². The van der Waals surface area contributed by atoms with Crippen LogP contribution in [0.25, 0.3) is 0 Å². The predicted octanol–water partition coefficient (Wildman–Crippen LogP) is 4.66. The Bertz CT molecular complexity index is 790. The molecule has 29 heavy (non-hydrogen) atoms. The normalized spacial score (nSPS) is 15.2. The molecule has 0 radical (unpaired) electrons. The number of rotatable bonds is 10. The predicted molar refractivity (Wildman–Crippen MR) is 121 cm³/mol. The number of benzene rings is 2. The molecule has 0 aliphatic carbocycles. The van der Waals surface area contributed by atoms with E-state index < -0.39 is 0 Å². The highest BCUT2D eigenvalue weighted by Gasteiger charge is 2.22. The molecule has 3 rings (SSSR count). The van der Waals surface area contributed by atoms with Crippen molar-refractivity contribution in [3.05, 3.63) is 65.2 Å². The second-order valence-electron chi connectivity index (χ2n) is 7.90. The zero-order valence-electron chi connectivity index (χ0n) is 17.9. The van der Waals surface area contributed by atoms with Crippen LogP contribution >= 0.6 is 0 Å². The molecular weight excluding hydrogens is 356 g/mol. The van der Waals surface area contributed by atoms with E-state index in [2.05, 4.69) is 83.6 Å². The van der Waals surface area contributed by atoms with Crippen molar-refractivity contribution in [1.29, 1.82) is 5.26 Å². The minimum absolute atomic E-state index is 0.444. The third kappa shape index (κ3) is 5.82. The standard InChI is InChI=1S/C25H34N4/c1-3-28(17-9-14-26)24-13-12-23(21(2)18-24)19-27-20-25(29-15-7-8-16-29)22-10-5-4-6-11-22/h4-6,10-13,18,25,27H,3,7-9,15-17,19-20H2,1-2H3/t25-/m1/s1. The van der Waals surface area contributed by atoms with Gasteiger partial charge in [0.25, 0.3) is 0 Å². The lowest BCUT2D eigenvalue weighted by Gasteiger charge is -2.28. The molecule has 1 aliphatic rings. The maximum Gasteiger partial charge on any atom is 0.0640 e. The van der Waals surface area contributed by atoms with Crippen molar-refractivity contribution in [2.24, 2.45) is 0 Å². The van der Waals surface area contributed by atoms with E-state index in [-0.39, 0.29) is 0 Å². The monoisotopic (exact) mass is 390 g/mol. The minimum atomic E-state index is 0.444. The number of aryl methyl sites for hydroxylation is 1. The lowest BCUT2D eigenvalue weighted by atomic mass is 10.0. The van der Waals surface area contributed by atoms with Gasteiger partial charge in [0.2, 0.25) is 0 Å². The maximum absolute atomic E-state index is 8.87. The molecule has 0 saturated carbocycles. The Morgan fingerprint density at radius 1 is 1.14 bits per heavy atom. The lowest BCUT2D eigenvalue weighted by molar-refractivity contribution is 0.238. The molecule has 1 N–H and O–H groups in total. The van der Waals surface area contributed by atoms with Crippen molar-refractivity contribution in [3.63, 3.8) is 0 Å². The topological polar surface area (TPSA) is 42.3 Å². The van der Waals surface area contributed by atoms with Crippen LogP contribution in [0.15, 0.2) is 48.5 Å². The first kappa shape index (κ1) is 21.4. The van der Waals surface area contributed by atoms with Crippen LogP contribution in [0, 0.1) is 18.3 Å². The fraction of sp³-hybridized carbons (Fsp3) is 0.480. The first-order valence-electron chi connectivity index (χ1n) is 10.9. The zero-order valence-corrected chi connectivity index (χ0v) is 17.9. The number of nitriles is 1. The van der Waals surface area contributed by atoms with Crippen LogP contribution in [0.5, 0.6) is 0 Å². The van der Waals surface area contributed by atoms with Crippen molar-refractivity contribution >= 4 is 5.69 Å². The van der Waals surface area contributed by atoms with Gasteiger partial charge in [-0.3, -0.25) is 4.90 Å². The van der Waals surface area contributed by atoms with Gasteiger partial charge in [0, 0.05) is 37.9 Å². The second kappa shape index (κ2) is 11.0. The summed E-state index contributed by atoms with van der Waals surface area (Å²) in [6.07, 6.45) is 3.18. The van der Waals surface area contributed by atoms with Crippen LogP contribution < -0.4 is 10.2 Å². The van der Waals surface area contributed by atoms with Gasteiger partial charge in [0.15, 0.2) is 0 Å². The van der Waals surface area contributed by atoms with Crippen molar-refractivity contribution < 1.29 is 0 Å². The summed E-state index contributed by atoms with van der Waals surface area (Å²) in [5.74, 6) is 0. The molecule has 0 amide bonds. The Balaban J connectivity index is 1.61. The lowest BCUT2D eigenvalue weighted by Crippen LogP contribution is -2.34. The molecule has 0 unspecified atom stereocenters. The average Bonchev–Trinajstić information content (AvgIpc) is 3.28. The summed E-state index contributed by atoms with van der Waals surface area (Å²) < 4.78 is 0. The summed E-state index contributed by atoms with van der Waals surface area (Å²) in [6.45, 7) is 10.3. The van der Waals surface area contributed by atoms with Crippen molar-refractivity contribution in [3.8, 4) is 6.07 Å². The van der Waals surface area contributed by atoms with Gasteiger partial charge in [-0.15, -0.1) is 0 Å². The molecule has 4 heteroatoms. The Kier molecular flexibility index (Phi) is 8.10. The van der Waals surface area contributed by atoms with Crippen molar-refractivity contribution in [2.75, 3.05) is 37.6 Å². The zero-order chi connectivity index (χ0) is 20.5. The van der Waals surface area contributed by atoms with E-state index >= 15 is 0 Å². The molecule has 2 aromatic rings. The van der Waals surface area contributed by atoms with Gasteiger partial charge in [-0.05, 0) is 68.6 Å². The molecule has 154 valence electrons. The van der Waals surface area contributed by atoms with E-state index in [1.54, 1.807) is 0 Å². The molecular formula is C25H34N4. The van der Waals surface area contributed by atoms with E-state index in [0.29, 0.717) is 12.5 Å². The van der Waals surface area contributed by atoms with Gasteiger partial charge in [-0.1, -0.05) is 36.4 Å². The molecule has 4 nitrogen and oxygen atoms in total. The highest BCUT2D eigenvalue weighted by molar-refractivity contribution is 5.50. The van der Waals surface area contributed by atoms with Crippen LogP contribution in [0.1, 0.15) is 48.9 Å². The molecule has 1 fully saturated rings. The molecule has 0 aromatic heterocycles. The van der Waals surface area contributed by atoms with Gasteiger partial charge in [-0.2, -0.15) is 5.26 Å². The van der Waals surface area contributed by atoms with Gasteiger partial charge < -0.3 is 10.2 Å². The largest absolute Gasteiger partial charge is 0.371 e. The summed E-state index contributed by atoms with van der Waals surface area (Å²) in [7, 11) is 0. The highest BCUT2D eigenvalue weighted by atomic mass is 15.2. The van der Waals surface area contributed by atoms with Gasteiger partial charge >= 0.3 is 0 Å². The summed E-state index contributed by atoms with van der Waals surface area (Å²) >= 11 is 0. The SMILES string of the molecule is CCN(CCC#N)c1ccc(CNC[C@H](c2ccccc2)N2CCCC2)c(C)c1. The van der Waals surface area contributed by atoms with Crippen LogP contribution in [0.3, 0.4) is 0 Å². The maximum atomic E-state index is 8.87. The van der Waals surface area contributed by atoms with Crippen LogP contribution in [-0.2, 0) is 6.54 Å². The average molecular weight is 391 g/mol. The number of hydrogen-bond acceptors (Lipinski definition) is 4. The number of hydrogen-bond donors (Lipinski definition) is 1. The van der Waals surface area contributed by atoms with Gasteiger partial charge in [0.1, 0.15) is 0 Å². The Morgan fingerprint density at radius 2 is 1.90 bits per heavy atom. The number of nitrogens with one attached hydrogen (secondary N) is 1. The molecule has 1 aliphatic heterocycles. The van der Waals surface area contributed by atoms with E-state index in [1.807, 2.05) is 0 Å². The summed E-state index contributed by atoms with van der Waals surface area (Å²) in [4.78, 5) is 4.89. The van der Waals surface area contributed by atoms with Crippen LogP contribution in [-0.4, -0.2) is 37.6 Å². The van der Waals surface area contributed by atoms with Crippen molar-refractivity contribution in [2.45, 2.75) is 45.7 Å². The molecule has 1 heterocycles. The molecule has 2 aromatic carbocycles. The molecule has 1 atom stereocenters. The Hall–Kier alpha value is -2.35. The second-order valence-corrected chi connectivity index (χ2v) is 7.90. The fourth-order valence-corrected chi connectivity index (χ4v) is 4.26. The van der Waals surface area contributed by atoms with Crippen molar-refractivity contribution in [1.82, 2.24) is 10.2 Å². The first-order valence-corrected chi connectivity index (χ1v) is 10.9. The summed E-state index contributed by atoms with van der Waals surface area (Å²) in [5, 5.41) is 12.6. The smallest absolute Gasteiger partial charge is 0.0640 e. The van der Waals surface area contributed by atoms with Gasteiger partial charge in [0.05, 0.1) is 12.5 Å². The molecule has 1 saturated heterocycles. The molecule has 0 bridgehead atoms. The number of nitrogens with zero attached hydrogens (tertiary/aromatic N) is 3. The third-order valence-electron chi connectivity index (χ3n) is 5.99. The van der Waals surface area contributed by atoms with Crippen LogP contribution in [0.2, 0.25) is 0 Å². The third-order valence-corrected chi connectivity index (χ3v) is 5.99. The number of anilines is 1. The van der Waals surface area contributed by atoms with E-state index in [1.165, 1.54) is 48.3 Å². The fourth-order valence-electron chi connectivity index (χ4n) is 4.26. The summed E-state index contributed by atoms with van der Waals surface area (Å²) in [5.41, 5.74) is 5.27.